The molecule has 0 spiro atoms. The van der Waals surface area contributed by atoms with Gasteiger partial charge >= 0.3 is 17.9 Å². The molecule has 0 aromatic heterocycles. The van der Waals surface area contributed by atoms with Crippen molar-refractivity contribution < 1.29 is 29.7 Å². The molecule has 2 atom stereocenters. The first-order chi connectivity index (χ1) is 10.8. The molecule has 23 heavy (non-hydrogen) atoms. The van der Waals surface area contributed by atoms with E-state index in [4.69, 9.17) is 0 Å². The zero-order valence-electron chi connectivity index (χ0n) is 12.4. The van der Waals surface area contributed by atoms with Crippen molar-refractivity contribution in [1.82, 2.24) is 0 Å². The molecule has 1 aromatic carbocycles. The van der Waals surface area contributed by atoms with E-state index in [2.05, 4.69) is 0 Å². The van der Waals surface area contributed by atoms with Gasteiger partial charge in [0.05, 0.1) is 11.0 Å². The van der Waals surface area contributed by atoms with Crippen LogP contribution in [0.1, 0.15) is 24.8 Å². The number of aliphatic carboxylic acids is 3. The molecule has 0 fully saturated rings. The Morgan fingerprint density at radius 3 is 2.13 bits per heavy atom. The largest absolute Gasteiger partial charge is 0.481 e. The minimum atomic E-state index is -1.63. The van der Waals surface area contributed by atoms with Crippen LogP contribution in [0.25, 0.3) is 0 Å². The predicted octanol–water partition coefficient (Wildman–Crippen LogP) is 2.29. The van der Waals surface area contributed by atoms with Gasteiger partial charge in [-0.05, 0) is 18.1 Å². The van der Waals surface area contributed by atoms with E-state index in [-0.39, 0.29) is 17.6 Å². The van der Waals surface area contributed by atoms with E-state index < -0.39 is 29.2 Å². The van der Waals surface area contributed by atoms with Crippen molar-refractivity contribution >= 4 is 17.9 Å². The summed E-state index contributed by atoms with van der Waals surface area (Å²) in [6.45, 7) is 1.66. The lowest BCUT2D eigenvalue weighted by Gasteiger charge is -2.35. The molecule has 2 rings (SSSR count). The summed E-state index contributed by atoms with van der Waals surface area (Å²) in [4.78, 5) is 34.6. The second-order valence-electron chi connectivity index (χ2n) is 5.53. The molecule has 0 saturated heterocycles. The molecule has 6 heteroatoms. The molecule has 1 aliphatic rings. The molecular formula is C17H16O6. The number of benzene rings is 1. The number of rotatable bonds is 5. The van der Waals surface area contributed by atoms with Gasteiger partial charge in [-0.1, -0.05) is 43.3 Å². The number of carboxylic acids is 3. The summed E-state index contributed by atoms with van der Waals surface area (Å²) in [6.07, 6.45) is 1.90. The number of hydrogen-bond acceptors (Lipinski definition) is 3. The Morgan fingerprint density at radius 1 is 1.04 bits per heavy atom. The standard InChI is InChI=1S/C17H16O6/c1-10(11-5-3-2-4-6-11)17(16(22)23)8-12(14(18)19)7-13(9-17)15(20)21/h2-8,10H,9H2,1H3,(H,18,19)(H,20,21)(H,22,23). The van der Waals surface area contributed by atoms with Crippen molar-refractivity contribution in [3.63, 3.8) is 0 Å². The van der Waals surface area contributed by atoms with E-state index in [9.17, 15) is 29.7 Å². The average molecular weight is 316 g/mol. The molecule has 0 saturated carbocycles. The third kappa shape index (κ3) is 3.01. The highest BCUT2D eigenvalue weighted by atomic mass is 16.4. The third-order valence-corrected chi connectivity index (χ3v) is 4.22. The van der Waals surface area contributed by atoms with Crippen molar-refractivity contribution in [3.8, 4) is 0 Å². The van der Waals surface area contributed by atoms with Crippen molar-refractivity contribution in [2.45, 2.75) is 19.3 Å². The lowest BCUT2D eigenvalue weighted by Crippen LogP contribution is -2.38. The van der Waals surface area contributed by atoms with Crippen LogP contribution < -0.4 is 0 Å². The Kier molecular flexibility index (Phi) is 4.36. The molecule has 0 aliphatic heterocycles. The first kappa shape index (κ1) is 16.5. The van der Waals surface area contributed by atoms with Crippen LogP contribution in [0.5, 0.6) is 0 Å². The van der Waals surface area contributed by atoms with Crippen molar-refractivity contribution in [1.29, 1.82) is 0 Å². The van der Waals surface area contributed by atoms with Gasteiger partial charge in [0, 0.05) is 11.5 Å². The summed E-state index contributed by atoms with van der Waals surface area (Å²) in [5, 5.41) is 28.2. The fraction of sp³-hybridized carbons (Fsp3) is 0.235. The maximum absolute atomic E-state index is 12.0. The highest BCUT2D eigenvalue weighted by Crippen LogP contribution is 2.46. The van der Waals surface area contributed by atoms with Crippen LogP contribution in [0.15, 0.2) is 53.6 Å². The van der Waals surface area contributed by atoms with Crippen LogP contribution in [0.4, 0.5) is 0 Å². The van der Waals surface area contributed by atoms with Gasteiger partial charge < -0.3 is 15.3 Å². The van der Waals surface area contributed by atoms with Crippen LogP contribution in [0, 0.1) is 5.41 Å². The third-order valence-electron chi connectivity index (χ3n) is 4.22. The second-order valence-corrected chi connectivity index (χ2v) is 5.53. The molecule has 0 amide bonds. The summed E-state index contributed by atoms with van der Waals surface area (Å²) >= 11 is 0. The highest BCUT2D eigenvalue weighted by Gasteiger charge is 2.46. The molecule has 3 N–H and O–H groups in total. The lowest BCUT2D eigenvalue weighted by atomic mass is 9.66. The Morgan fingerprint density at radius 2 is 1.65 bits per heavy atom. The molecule has 0 heterocycles. The quantitative estimate of drug-likeness (QED) is 0.768. The SMILES string of the molecule is CC(c1ccccc1)C1(C(=O)O)C=C(C(=O)O)C=C(C(=O)O)C1. The van der Waals surface area contributed by atoms with Gasteiger partial charge in [0.15, 0.2) is 0 Å². The summed E-state index contributed by atoms with van der Waals surface area (Å²) in [5.74, 6) is -4.52. The van der Waals surface area contributed by atoms with Gasteiger partial charge in [0.25, 0.3) is 0 Å². The molecule has 6 nitrogen and oxygen atoms in total. The van der Waals surface area contributed by atoms with Gasteiger partial charge in [-0.25, -0.2) is 9.59 Å². The van der Waals surface area contributed by atoms with E-state index in [1.807, 2.05) is 0 Å². The fourth-order valence-electron chi connectivity index (χ4n) is 2.82. The van der Waals surface area contributed by atoms with Crippen LogP contribution in [0.2, 0.25) is 0 Å². The van der Waals surface area contributed by atoms with Gasteiger partial charge in [-0.2, -0.15) is 0 Å². The normalized spacial score (nSPS) is 21.8. The first-order valence-corrected chi connectivity index (χ1v) is 6.96. The maximum Gasteiger partial charge on any atom is 0.335 e. The van der Waals surface area contributed by atoms with Crippen LogP contribution in [-0.2, 0) is 14.4 Å². The van der Waals surface area contributed by atoms with Gasteiger partial charge in [-0.15, -0.1) is 0 Å². The minimum Gasteiger partial charge on any atom is -0.481 e. The Hall–Kier alpha value is -2.89. The van der Waals surface area contributed by atoms with E-state index >= 15 is 0 Å². The monoisotopic (exact) mass is 316 g/mol. The summed E-state index contributed by atoms with van der Waals surface area (Å²) in [5.41, 5.74) is -1.48. The predicted molar refractivity (Wildman–Crippen MR) is 81.0 cm³/mol. The number of carbonyl (C=O) groups is 3. The highest BCUT2D eigenvalue weighted by molar-refractivity contribution is 5.98. The summed E-state index contributed by atoms with van der Waals surface area (Å²) in [6, 6.07) is 8.76. The van der Waals surface area contributed by atoms with Crippen molar-refractivity contribution in [2.75, 3.05) is 0 Å². The van der Waals surface area contributed by atoms with E-state index in [1.54, 1.807) is 37.3 Å². The zero-order chi connectivity index (χ0) is 17.2. The topological polar surface area (TPSA) is 112 Å². The molecular weight excluding hydrogens is 300 g/mol. The molecule has 1 aliphatic carbocycles. The zero-order valence-corrected chi connectivity index (χ0v) is 12.4. The van der Waals surface area contributed by atoms with E-state index in [1.165, 1.54) is 0 Å². The fourth-order valence-corrected chi connectivity index (χ4v) is 2.82. The first-order valence-electron chi connectivity index (χ1n) is 6.96. The summed E-state index contributed by atoms with van der Waals surface area (Å²) < 4.78 is 0. The lowest BCUT2D eigenvalue weighted by molar-refractivity contribution is -0.147. The Labute approximate surface area is 132 Å². The van der Waals surface area contributed by atoms with E-state index in [0.717, 1.165) is 12.2 Å². The number of carboxylic acid groups (broad SMARTS) is 3. The van der Waals surface area contributed by atoms with Gasteiger partial charge in [0.2, 0.25) is 0 Å². The van der Waals surface area contributed by atoms with Gasteiger partial charge in [0.1, 0.15) is 0 Å². The van der Waals surface area contributed by atoms with Crippen molar-refractivity contribution in [2.24, 2.45) is 5.41 Å². The molecule has 1 aromatic rings. The van der Waals surface area contributed by atoms with Crippen LogP contribution in [-0.4, -0.2) is 33.2 Å². The Balaban J connectivity index is 2.61. The molecule has 0 bridgehead atoms. The van der Waals surface area contributed by atoms with Crippen molar-refractivity contribution in [3.05, 3.63) is 59.2 Å². The molecule has 2 unspecified atom stereocenters. The smallest absolute Gasteiger partial charge is 0.335 e. The number of hydrogen-bond donors (Lipinski definition) is 3. The molecule has 120 valence electrons. The molecule has 0 radical (unpaired) electrons. The van der Waals surface area contributed by atoms with Crippen LogP contribution in [0.3, 0.4) is 0 Å². The maximum atomic E-state index is 12.0. The van der Waals surface area contributed by atoms with Gasteiger partial charge in [-0.3, -0.25) is 4.79 Å². The second kappa shape index (κ2) is 6.08. The van der Waals surface area contributed by atoms with E-state index in [0.29, 0.717) is 5.56 Å². The Bertz CT molecular complexity index is 716. The summed E-state index contributed by atoms with van der Waals surface area (Å²) in [7, 11) is 0. The average Bonchev–Trinajstić information content (AvgIpc) is 2.54. The van der Waals surface area contributed by atoms with Crippen LogP contribution >= 0.6 is 0 Å². The minimum absolute atomic E-state index is 0.227.